The molecule has 0 N–H and O–H groups in total. The summed E-state index contributed by atoms with van der Waals surface area (Å²) in [6.07, 6.45) is 0. The van der Waals surface area contributed by atoms with Crippen molar-refractivity contribution in [3.05, 3.63) is 10.7 Å². The Hall–Kier alpha value is -0.610. The summed E-state index contributed by atoms with van der Waals surface area (Å²) >= 11 is 6.32. The number of ether oxygens (including phenoxy) is 1. The molecule has 1 rings (SSSR count). The third-order valence-corrected chi connectivity index (χ3v) is 2.06. The van der Waals surface area contributed by atoms with Crippen molar-refractivity contribution in [2.45, 2.75) is 13.8 Å². The molecule has 5 heteroatoms. The molecule has 0 radical (unpaired) electrons. The second-order valence-corrected chi connectivity index (χ2v) is 3.42. The number of carbonyl (C=O) groups excluding carboxylic acids is 1. The van der Waals surface area contributed by atoms with Gasteiger partial charge in [-0.05, 0) is 13.8 Å². The van der Waals surface area contributed by atoms with Gasteiger partial charge in [0.05, 0.1) is 10.7 Å². The number of halogens is 1. The summed E-state index contributed by atoms with van der Waals surface area (Å²) < 4.78 is 4.65. The second kappa shape index (κ2) is 3.19. The van der Waals surface area contributed by atoms with Crippen molar-refractivity contribution in [1.82, 2.24) is 4.98 Å². The summed E-state index contributed by atoms with van der Waals surface area (Å²) in [4.78, 5) is 14.3. The van der Waals surface area contributed by atoms with Gasteiger partial charge in [-0.3, -0.25) is 0 Å². The van der Waals surface area contributed by atoms with Crippen LogP contribution in [-0.2, 0) is 0 Å². The number of aryl methyl sites for hydroxylation is 2. The molecule has 1 aromatic rings. The maximum absolute atomic E-state index is 10.3. The number of thiazole rings is 1. The highest BCUT2D eigenvalue weighted by Gasteiger charge is 2.08. The van der Waals surface area contributed by atoms with Crippen LogP contribution in [0.1, 0.15) is 10.7 Å². The molecular weight excluding hydrogens is 186 g/mol. The first-order chi connectivity index (χ1) is 5.09. The van der Waals surface area contributed by atoms with Gasteiger partial charge in [0.15, 0.2) is 0 Å². The van der Waals surface area contributed by atoms with Gasteiger partial charge in [-0.15, -0.1) is 0 Å². The molecule has 0 atom stereocenters. The Labute approximate surface area is 73.0 Å². The number of nitrogens with zero attached hydrogens (tertiary/aromatic N) is 1. The minimum absolute atomic E-state index is 0.475. The monoisotopic (exact) mass is 191 g/mol. The van der Waals surface area contributed by atoms with Crippen molar-refractivity contribution in [2.24, 2.45) is 0 Å². The van der Waals surface area contributed by atoms with Gasteiger partial charge < -0.3 is 4.74 Å². The maximum atomic E-state index is 10.3. The molecule has 0 aliphatic heterocycles. The largest absolute Gasteiger partial charge is 0.410 e. The van der Waals surface area contributed by atoms with Gasteiger partial charge in [0.2, 0.25) is 5.06 Å². The lowest BCUT2D eigenvalue weighted by Crippen LogP contribution is -1.94. The topological polar surface area (TPSA) is 39.2 Å². The van der Waals surface area contributed by atoms with Crippen LogP contribution in [0.4, 0.5) is 4.79 Å². The Balaban J connectivity index is 2.85. The van der Waals surface area contributed by atoms with E-state index in [9.17, 15) is 4.79 Å². The van der Waals surface area contributed by atoms with Gasteiger partial charge in [0.25, 0.3) is 0 Å². The van der Waals surface area contributed by atoms with Crippen LogP contribution >= 0.6 is 22.9 Å². The highest BCUT2D eigenvalue weighted by molar-refractivity contribution is 7.13. The highest BCUT2D eigenvalue weighted by Crippen LogP contribution is 2.26. The molecule has 0 saturated carbocycles. The third-order valence-electron chi connectivity index (χ3n) is 1.03. The molecule has 3 nitrogen and oxygen atoms in total. The molecule has 0 bridgehead atoms. The van der Waals surface area contributed by atoms with Crippen molar-refractivity contribution in [2.75, 3.05) is 0 Å². The van der Waals surface area contributed by atoms with Crippen molar-refractivity contribution in [1.29, 1.82) is 0 Å². The number of aromatic nitrogens is 1. The Kier molecular flexibility index (Phi) is 2.46. The van der Waals surface area contributed by atoms with E-state index in [1.807, 2.05) is 6.92 Å². The number of carbonyl (C=O) groups is 1. The fourth-order valence-electron chi connectivity index (χ4n) is 0.680. The smallest absolute Gasteiger partial charge is 0.401 e. The van der Waals surface area contributed by atoms with Gasteiger partial charge in [-0.2, -0.15) is 0 Å². The number of hydrogen-bond acceptors (Lipinski definition) is 4. The lowest BCUT2D eigenvalue weighted by molar-refractivity contribution is 0.226. The molecule has 1 heterocycles. The van der Waals surface area contributed by atoms with Gasteiger partial charge in [-0.1, -0.05) is 11.3 Å². The predicted octanol–water partition coefficient (Wildman–Crippen LogP) is 2.50. The molecule has 11 heavy (non-hydrogen) atoms. The highest BCUT2D eigenvalue weighted by atomic mass is 35.5. The van der Waals surface area contributed by atoms with E-state index >= 15 is 0 Å². The minimum Gasteiger partial charge on any atom is -0.401 e. The third kappa shape index (κ3) is 2.17. The summed E-state index contributed by atoms with van der Waals surface area (Å²) in [5.74, 6) is 0. The molecule has 0 aliphatic carbocycles. The summed E-state index contributed by atoms with van der Waals surface area (Å²) in [7, 11) is 0. The normalized spacial score (nSPS) is 9.73. The molecule has 0 aliphatic rings. The number of hydrogen-bond donors (Lipinski definition) is 0. The van der Waals surface area contributed by atoms with Crippen molar-refractivity contribution in [3.8, 4) is 5.06 Å². The van der Waals surface area contributed by atoms with Crippen LogP contribution in [0.25, 0.3) is 0 Å². The molecule has 0 fully saturated rings. The molecule has 60 valence electrons. The Morgan fingerprint density at radius 3 is 2.64 bits per heavy atom. The van der Waals surface area contributed by atoms with Crippen molar-refractivity contribution < 1.29 is 9.53 Å². The van der Waals surface area contributed by atoms with E-state index in [4.69, 9.17) is 11.6 Å². The summed E-state index contributed by atoms with van der Waals surface area (Å²) in [6, 6.07) is 0. The van der Waals surface area contributed by atoms with Crippen molar-refractivity contribution in [3.63, 3.8) is 0 Å². The molecular formula is C6H6ClNO2S. The minimum atomic E-state index is -0.822. The quantitative estimate of drug-likeness (QED) is 0.641. The average Bonchev–Trinajstić information content (AvgIpc) is 2.09. The first-order valence-electron chi connectivity index (χ1n) is 2.91. The predicted molar refractivity (Wildman–Crippen MR) is 43.5 cm³/mol. The van der Waals surface area contributed by atoms with Crippen LogP contribution in [0, 0.1) is 13.8 Å². The van der Waals surface area contributed by atoms with E-state index in [1.54, 1.807) is 6.92 Å². The fraction of sp³-hybridized carbons (Fsp3) is 0.333. The van der Waals surface area contributed by atoms with Gasteiger partial charge in [0.1, 0.15) is 0 Å². The van der Waals surface area contributed by atoms with Gasteiger partial charge in [-0.25, -0.2) is 9.78 Å². The summed E-state index contributed by atoms with van der Waals surface area (Å²) in [6.45, 7) is 3.60. The zero-order valence-electron chi connectivity index (χ0n) is 6.05. The van der Waals surface area contributed by atoms with E-state index in [0.29, 0.717) is 10.8 Å². The number of rotatable bonds is 1. The summed E-state index contributed by atoms with van der Waals surface area (Å²) in [5.41, 5.74) is -0.127. The SMILES string of the molecule is Cc1nc(C)c(OC(=O)Cl)s1. The van der Waals surface area contributed by atoms with Crippen LogP contribution in [0.5, 0.6) is 5.06 Å². The Morgan fingerprint density at radius 1 is 1.64 bits per heavy atom. The first-order valence-corrected chi connectivity index (χ1v) is 4.10. The zero-order chi connectivity index (χ0) is 8.43. The molecule has 0 unspecified atom stereocenters. The van der Waals surface area contributed by atoms with Crippen LogP contribution in [-0.4, -0.2) is 10.4 Å². The van der Waals surface area contributed by atoms with Crippen LogP contribution in [0.2, 0.25) is 0 Å². The molecule has 0 aromatic carbocycles. The van der Waals surface area contributed by atoms with E-state index in [1.165, 1.54) is 11.3 Å². The van der Waals surface area contributed by atoms with Crippen LogP contribution < -0.4 is 4.74 Å². The molecule has 0 amide bonds. The average molecular weight is 192 g/mol. The van der Waals surface area contributed by atoms with Crippen LogP contribution in [0.3, 0.4) is 0 Å². The van der Waals surface area contributed by atoms with E-state index in [-0.39, 0.29) is 0 Å². The van der Waals surface area contributed by atoms with E-state index in [0.717, 1.165) is 5.01 Å². The molecule has 1 aromatic heterocycles. The fourth-order valence-corrected chi connectivity index (χ4v) is 1.56. The maximum Gasteiger partial charge on any atom is 0.410 e. The summed E-state index contributed by atoms with van der Waals surface area (Å²) in [5, 5.41) is 1.33. The van der Waals surface area contributed by atoms with Crippen LogP contribution in [0.15, 0.2) is 0 Å². The Bertz CT molecular complexity index is 284. The van der Waals surface area contributed by atoms with E-state index in [2.05, 4.69) is 9.72 Å². The molecule has 0 spiro atoms. The zero-order valence-corrected chi connectivity index (χ0v) is 7.62. The second-order valence-electron chi connectivity index (χ2n) is 1.95. The van der Waals surface area contributed by atoms with Gasteiger partial charge in [0, 0.05) is 11.6 Å². The van der Waals surface area contributed by atoms with Gasteiger partial charge >= 0.3 is 5.43 Å². The standard InChI is InChI=1S/C6H6ClNO2S/c1-3-5(10-6(7)9)11-4(2)8-3/h1-2H3. The van der Waals surface area contributed by atoms with E-state index < -0.39 is 5.43 Å². The lowest BCUT2D eigenvalue weighted by Gasteiger charge is -1.92. The Morgan fingerprint density at radius 2 is 2.27 bits per heavy atom. The molecule has 0 saturated heterocycles. The van der Waals surface area contributed by atoms with Crippen molar-refractivity contribution >= 4 is 28.4 Å². The first kappa shape index (κ1) is 8.49. The lowest BCUT2D eigenvalue weighted by atomic mass is 10.5.